The molecule has 0 amide bonds. The minimum absolute atomic E-state index is 0.348. The molecule has 0 fully saturated rings. The van der Waals surface area contributed by atoms with Crippen molar-refractivity contribution in [2.75, 3.05) is 25.0 Å². The van der Waals surface area contributed by atoms with E-state index in [-0.39, 0.29) is 5.56 Å². The number of hydrogen-bond donors (Lipinski definition) is 2. The third kappa shape index (κ3) is 3.63. The maximum Gasteiger partial charge on any atom is 0.332 e. The highest BCUT2D eigenvalue weighted by molar-refractivity contribution is 6.31. The lowest BCUT2D eigenvalue weighted by molar-refractivity contribution is 0.702. The van der Waals surface area contributed by atoms with Crippen LogP contribution < -0.4 is 21.9 Å². The first-order valence-corrected chi connectivity index (χ1v) is 9.17. The van der Waals surface area contributed by atoms with E-state index in [1.54, 1.807) is 11.6 Å². The van der Waals surface area contributed by atoms with Gasteiger partial charge in [-0.2, -0.15) is 4.98 Å². The molecule has 1 aromatic carbocycles. The predicted octanol–water partition coefficient (Wildman–Crippen LogP) is 1.16. The lowest BCUT2D eigenvalue weighted by Crippen LogP contribution is -2.37. The van der Waals surface area contributed by atoms with Crippen molar-refractivity contribution in [3.05, 3.63) is 55.7 Å². The van der Waals surface area contributed by atoms with Gasteiger partial charge in [0, 0.05) is 32.2 Å². The Morgan fingerprint density at radius 3 is 2.56 bits per heavy atom. The van der Waals surface area contributed by atoms with E-state index in [2.05, 4.69) is 15.6 Å². The summed E-state index contributed by atoms with van der Waals surface area (Å²) in [6.07, 6.45) is 0. The zero-order valence-electron chi connectivity index (χ0n) is 15.6. The van der Waals surface area contributed by atoms with Crippen molar-refractivity contribution in [2.45, 2.75) is 13.5 Å². The van der Waals surface area contributed by atoms with Crippen LogP contribution in [0.2, 0.25) is 5.02 Å². The molecule has 0 aliphatic rings. The Morgan fingerprint density at radius 1 is 1.11 bits per heavy atom. The van der Waals surface area contributed by atoms with Crippen molar-refractivity contribution >= 4 is 28.7 Å². The second-order valence-corrected chi connectivity index (χ2v) is 6.68. The molecule has 27 heavy (non-hydrogen) atoms. The molecule has 3 aromatic rings. The second-order valence-electron chi connectivity index (χ2n) is 6.27. The Bertz CT molecular complexity index is 1080. The van der Waals surface area contributed by atoms with Crippen LogP contribution in [-0.4, -0.2) is 38.3 Å². The number of hydrogen-bond acceptors (Lipinski definition) is 5. The molecular formula is C18H23ClN6O2. The Morgan fingerprint density at radius 2 is 1.85 bits per heavy atom. The zero-order chi connectivity index (χ0) is 19.6. The number of nitrogens with zero attached hydrogens (tertiary/aromatic N) is 4. The minimum Gasteiger partial charge on any atom is -0.354 e. The minimum atomic E-state index is -0.408. The van der Waals surface area contributed by atoms with Gasteiger partial charge in [0.2, 0.25) is 5.95 Å². The van der Waals surface area contributed by atoms with Gasteiger partial charge in [-0.25, -0.2) is 4.79 Å². The fourth-order valence-corrected chi connectivity index (χ4v) is 3.17. The molecule has 144 valence electrons. The van der Waals surface area contributed by atoms with Crippen LogP contribution in [0.15, 0.2) is 33.9 Å². The zero-order valence-corrected chi connectivity index (χ0v) is 16.4. The largest absolute Gasteiger partial charge is 0.354 e. The van der Waals surface area contributed by atoms with E-state index in [1.165, 1.54) is 11.6 Å². The van der Waals surface area contributed by atoms with Crippen LogP contribution in [0.4, 0.5) is 5.95 Å². The number of aromatic nitrogens is 4. The Balaban J connectivity index is 2.16. The number of likely N-dealkylation sites (N-methyl/N-ethyl adjacent to an activating group) is 1. The molecule has 2 N–H and O–H groups in total. The summed E-state index contributed by atoms with van der Waals surface area (Å²) >= 11 is 6.32. The first-order chi connectivity index (χ1) is 13.0. The summed E-state index contributed by atoms with van der Waals surface area (Å²) in [6.45, 7) is 4.66. The predicted molar refractivity (Wildman–Crippen MR) is 108 cm³/mol. The molecule has 0 radical (unpaired) electrons. The van der Waals surface area contributed by atoms with Gasteiger partial charge in [-0.05, 0) is 18.2 Å². The number of imidazole rings is 1. The van der Waals surface area contributed by atoms with Crippen LogP contribution in [-0.2, 0) is 20.6 Å². The van der Waals surface area contributed by atoms with Crippen molar-refractivity contribution in [1.29, 1.82) is 0 Å². The SMILES string of the molecule is CCNCCNc1nc2c(c(=O)n(C)c(=O)n2C)n1Cc1ccccc1Cl. The first kappa shape index (κ1) is 19.2. The van der Waals surface area contributed by atoms with Gasteiger partial charge in [-0.3, -0.25) is 18.5 Å². The summed E-state index contributed by atoms with van der Waals surface area (Å²) in [4.78, 5) is 29.6. The van der Waals surface area contributed by atoms with E-state index in [1.807, 2.05) is 31.2 Å². The average molecular weight is 391 g/mol. The van der Waals surface area contributed by atoms with Gasteiger partial charge in [-0.1, -0.05) is 36.7 Å². The quantitative estimate of drug-likeness (QED) is 0.591. The fourth-order valence-electron chi connectivity index (χ4n) is 2.97. The van der Waals surface area contributed by atoms with Gasteiger partial charge in [0.05, 0.1) is 6.54 Å². The van der Waals surface area contributed by atoms with E-state index in [9.17, 15) is 9.59 Å². The van der Waals surface area contributed by atoms with Crippen molar-refractivity contribution in [3.8, 4) is 0 Å². The highest BCUT2D eigenvalue weighted by Crippen LogP contribution is 2.21. The van der Waals surface area contributed by atoms with E-state index < -0.39 is 5.69 Å². The van der Waals surface area contributed by atoms with Crippen molar-refractivity contribution in [2.24, 2.45) is 14.1 Å². The lowest BCUT2D eigenvalue weighted by atomic mass is 10.2. The van der Waals surface area contributed by atoms with E-state index in [0.717, 1.165) is 23.2 Å². The highest BCUT2D eigenvalue weighted by Gasteiger charge is 2.19. The Hall–Kier alpha value is -2.58. The smallest absolute Gasteiger partial charge is 0.332 e. The van der Waals surface area contributed by atoms with Crippen molar-refractivity contribution < 1.29 is 0 Å². The molecule has 0 unspecified atom stereocenters. The molecule has 8 nitrogen and oxygen atoms in total. The molecule has 0 saturated heterocycles. The van der Waals surface area contributed by atoms with Crippen LogP contribution in [0.3, 0.4) is 0 Å². The normalized spacial score (nSPS) is 11.3. The first-order valence-electron chi connectivity index (χ1n) is 8.80. The molecule has 2 aromatic heterocycles. The average Bonchev–Trinajstić information content (AvgIpc) is 3.02. The molecule has 2 heterocycles. The van der Waals surface area contributed by atoms with Gasteiger partial charge >= 0.3 is 5.69 Å². The Labute approximate surface area is 161 Å². The molecule has 3 rings (SSSR count). The summed E-state index contributed by atoms with van der Waals surface area (Å²) < 4.78 is 4.26. The third-order valence-electron chi connectivity index (χ3n) is 4.47. The van der Waals surface area contributed by atoms with E-state index in [4.69, 9.17) is 11.6 Å². The molecule has 0 saturated carbocycles. The van der Waals surface area contributed by atoms with Crippen LogP contribution in [0.5, 0.6) is 0 Å². The van der Waals surface area contributed by atoms with E-state index in [0.29, 0.717) is 35.2 Å². The van der Waals surface area contributed by atoms with Gasteiger partial charge in [-0.15, -0.1) is 0 Å². The standard InChI is InChI=1S/C18H23ClN6O2/c1-4-20-9-10-21-17-22-15-14(16(26)24(3)18(27)23(15)2)25(17)11-12-7-5-6-8-13(12)19/h5-8,20H,4,9-11H2,1-3H3,(H,21,22). The molecule has 9 heteroatoms. The summed E-state index contributed by atoms with van der Waals surface area (Å²) in [7, 11) is 3.08. The molecule has 0 bridgehead atoms. The summed E-state index contributed by atoms with van der Waals surface area (Å²) in [6, 6.07) is 7.47. The van der Waals surface area contributed by atoms with Crippen LogP contribution in [0, 0.1) is 0 Å². The van der Waals surface area contributed by atoms with Gasteiger partial charge < -0.3 is 10.6 Å². The summed E-state index contributed by atoms with van der Waals surface area (Å²) in [5.74, 6) is 0.529. The molecule has 0 atom stereocenters. The second kappa shape index (κ2) is 7.98. The van der Waals surface area contributed by atoms with Crippen molar-refractivity contribution in [3.63, 3.8) is 0 Å². The molecular weight excluding hydrogens is 368 g/mol. The maximum atomic E-state index is 12.8. The maximum absolute atomic E-state index is 12.8. The number of fused-ring (bicyclic) bond motifs is 1. The molecule has 0 aliphatic heterocycles. The number of anilines is 1. The summed E-state index contributed by atoms with van der Waals surface area (Å²) in [5, 5.41) is 7.09. The molecule has 0 aliphatic carbocycles. The topological polar surface area (TPSA) is 85.9 Å². The highest BCUT2D eigenvalue weighted by atomic mass is 35.5. The van der Waals surface area contributed by atoms with Crippen LogP contribution >= 0.6 is 11.6 Å². The number of aryl methyl sites for hydroxylation is 1. The Kier molecular flexibility index (Phi) is 5.67. The van der Waals surface area contributed by atoms with E-state index >= 15 is 0 Å². The van der Waals surface area contributed by atoms with Gasteiger partial charge in [0.25, 0.3) is 5.56 Å². The number of nitrogens with one attached hydrogen (secondary N) is 2. The molecule has 0 spiro atoms. The monoisotopic (exact) mass is 390 g/mol. The van der Waals surface area contributed by atoms with Crippen molar-refractivity contribution in [1.82, 2.24) is 24.0 Å². The van der Waals surface area contributed by atoms with Crippen LogP contribution in [0.25, 0.3) is 11.2 Å². The lowest BCUT2D eigenvalue weighted by Gasteiger charge is -2.12. The van der Waals surface area contributed by atoms with Gasteiger partial charge in [0.15, 0.2) is 11.2 Å². The number of halogens is 1. The number of benzene rings is 1. The third-order valence-corrected chi connectivity index (χ3v) is 4.84. The summed E-state index contributed by atoms with van der Waals surface area (Å²) in [5.41, 5.74) is 0.789. The number of rotatable bonds is 7. The fraction of sp³-hybridized carbons (Fsp3) is 0.389. The van der Waals surface area contributed by atoms with Gasteiger partial charge in [0.1, 0.15) is 0 Å². The van der Waals surface area contributed by atoms with Crippen LogP contribution in [0.1, 0.15) is 12.5 Å².